The van der Waals surface area contributed by atoms with Gasteiger partial charge >= 0.3 is 0 Å². The number of fused-ring (bicyclic) bond motifs is 1. The van der Waals surface area contributed by atoms with Gasteiger partial charge in [0.05, 0.1) is 12.3 Å². The molecule has 0 fully saturated rings. The summed E-state index contributed by atoms with van der Waals surface area (Å²) in [6.07, 6.45) is 0.669. The number of aromatic amines is 1. The van der Waals surface area contributed by atoms with Crippen molar-refractivity contribution in [2.45, 2.75) is 33.4 Å². The number of benzene rings is 2. The Hall–Kier alpha value is -3.12. The predicted octanol–water partition coefficient (Wildman–Crippen LogP) is 3.41. The fraction of sp³-hybridized carbons (Fsp3) is 0.304. The number of hydrogen-bond acceptors (Lipinski definition) is 5. The van der Waals surface area contributed by atoms with Crippen LogP contribution in [0.5, 0.6) is 11.5 Å². The van der Waals surface area contributed by atoms with Crippen LogP contribution >= 0.6 is 0 Å². The summed E-state index contributed by atoms with van der Waals surface area (Å²) >= 11 is 0. The Morgan fingerprint density at radius 2 is 2.00 bits per heavy atom. The van der Waals surface area contributed by atoms with Gasteiger partial charge in [-0.3, -0.25) is 9.69 Å². The Bertz CT molecular complexity index is 1070. The first-order chi connectivity index (χ1) is 14.0. The largest absolute Gasteiger partial charge is 0.504 e. The molecular weight excluding hydrogens is 366 g/mol. The van der Waals surface area contributed by atoms with Crippen LogP contribution in [0, 0.1) is 6.92 Å². The molecule has 1 aromatic heterocycles. The third-order valence-electron chi connectivity index (χ3n) is 5.21. The van der Waals surface area contributed by atoms with E-state index in [0.717, 1.165) is 28.9 Å². The number of nitrogens with one attached hydrogen (secondary N) is 1. The van der Waals surface area contributed by atoms with E-state index in [1.165, 1.54) is 5.56 Å². The minimum absolute atomic E-state index is 0.0477. The van der Waals surface area contributed by atoms with E-state index in [2.05, 4.69) is 9.88 Å². The summed E-state index contributed by atoms with van der Waals surface area (Å²) in [7, 11) is 0. The summed E-state index contributed by atoms with van der Waals surface area (Å²) in [6.45, 7) is 6.53. The molecule has 2 N–H and O–H groups in total. The Labute approximate surface area is 169 Å². The summed E-state index contributed by atoms with van der Waals surface area (Å²) < 4.78 is 5.49. The van der Waals surface area contributed by atoms with Crippen molar-refractivity contribution in [3.63, 3.8) is 0 Å². The van der Waals surface area contributed by atoms with Crippen molar-refractivity contribution >= 4 is 0 Å². The molecule has 2 heterocycles. The van der Waals surface area contributed by atoms with Crippen LogP contribution in [0.15, 0.2) is 47.3 Å². The summed E-state index contributed by atoms with van der Waals surface area (Å²) in [6, 6.07) is 13.4. The summed E-state index contributed by atoms with van der Waals surface area (Å²) in [5.74, 6) is 1.26. The molecule has 6 nitrogen and oxygen atoms in total. The minimum atomic E-state index is -0.0477. The lowest BCUT2D eigenvalue weighted by molar-refractivity contribution is 0.239. The number of aromatic nitrogens is 2. The van der Waals surface area contributed by atoms with Crippen molar-refractivity contribution in [3.05, 3.63) is 75.2 Å². The molecule has 3 aromatic rings. The average Bonchev–Trinajstić information content (AvgIpc) is 2.71. The number of aryl methyl sites for hydroxylation is 1. The van der Waals surface area contributed by atoms with Crippen molar-refractivity contribution in [1.29, 1.82) is 0 Å². The molecule has 1 aliphatic heterocycles. The molecule has 29 heavy (non-hydrogen) atoms. The van der Waals surface area contributed by atoms with E-state index in [0.29, 0.717) is 37.7 Å². The Kier molecular flexibility index (Phi) is 5.36. The van der Waals surface area contributed by atoms with Gasteiger partial charge in [-0.15, -0.1) is 0 Å². The van der Waals surface area contributed by atoms with Gasteiger partial charge in [-0.1, -0.05) is 35.9 Å². The molecule has 0 saturated heterocycles. The highest BCUT2D eigenvalue weighted by Gasteiger charge is 2.22. The highest BCUT2D eigenvalue weighted by Crippen LogP contribution is 2.28. The number of rotatable bonds is 5. The molecule has 0 atom stereocenters. The molecule has 0 aliphatic carbocycles. The second-order valence-corrected chi connectivity index (χ2v) is 7.40. The van der Waals surface area contributed by atoms with Gasteiger partial charge in [0.1, 0.15) is 5.82 Å². The van der Waals surface area contributed by atoms with Crippen molar-refractivity contribution < 1.29 is 9.84 Å². The predicted molar refractivity (Wildman–Crippen MR) is 112 cm³/mol. The number of phenolic OH excluding ortho intramolecular Hbond substituents is 1. The molecule has 6 heteroatoms. The van der Waals surface area contributed by atoms with E-state index in [1.807, 2.05) is 50.2 Å². The van der Waals surface area contributed by atoms with Crippen LogP contribution in [-0.2, 0) is 19.5 Å². The fourth-order valence-corrected chi connectivity index (χ4v) is 3.66. The van der Waals surface area contributed by atoms with Crippen LogP contribution in [0.25, 0.3) is 11.4 Å². The smallest absolute Gasteiger partial charge is 0.254 e. The monoisotopic (exact) mass is 391 g/mol. The Morgan fingerprint density at radius 3 is 2.76 bits per heavy atom. The van der Waals surface area contributed by atoms with Gasteiger partial charge in [0.15, 0.2) is 11.5 Å². The standard InChI is InChI=1S/C23H25N3O3/c1-3-29-21-12-16(6-9-20(21)27)13-26-11-10-18-19(14-26)24-22(25-23(18)28)17-7-4-15(2)5-8-17/h4-9,12,27H,3,10-11,13-14H2,1-2H3,(H,24,25,28). The van der Waals surface area contributed by atoms with Crippen LogP contribution in [0.3, 0.4) is 0 Å². The lowest BCUT2D eigenvalue weighted by Gasteiger charge is -2.28. The first-order valence-electron chi connectivity index (χ1n) is 9.89. The fourth-order valence-electron chi connectivity index (χ4n) is 3.66. The molecule has 0 spiro atoms. The van der Waals surface area contributed by atoms with Crippen LogP contribution < -0.4 is 10.3 Å². The molecule has 150 valence electrons. The average molecular weight is 391 g/mol. The van der Waals surface area contributed by atoms with Crippen molar-refractivity contribution in [3.8, 4) is 22.9 Å². The summed E-state index contributed by atoms with van der Waals surface area (Å²) in [5.41, 5.74) is 4.69. The van der Waals surface area contributed by atoms with Crippen LogP contribution in [-0.4, -0.2) is 33.1 Å². The van der Waals surface area contributed by atoms with E-state index < -0.39 is 0 Å². The molecule has 0 amide bonds. The van der Waals surface area contributed by atoms with Gasteiger partial charge in [0, 0.05) is 30.8 Å². The normalized spacial score (nSPS) is 13.9. The number of hydrogen-bond donors (Lipinski definition) is 2. The van der Waals surface area contributed by atoms with Gasteiger partial charge in [-0.2, -0.15) is 0 Å². The lowest BCUT2D eigenvalue weighted by atomic mass is 10.0. The van der Waals surface area contributed by atoms with Gasteiger partial charge in [-0.25, -0.2) is 4.98 Å². The first kappa shape index (κ1) is 19.2. The highest BCUT2D eigenvalue weighted by atomic mass is 16.5. The van der Waals surface area contributed by atoms with E-state index in [1.54, 1.807) is 6.07 Å². The number of nitrogens with zero attached hydrogens (tertiary/aromatic N) is 2. The lowest BCUT2D eigenvalue weighted by Crippen LogP contribution is -2.35. The van der Waals surface area contributed by atoms with Crippen LogP contribution in [0.1, 0.15) is 29.3 Å². The number of phenols is 1. The third kappa shape index (κ3) is 4.17. The van der Waals surface area contributed by atoms with E-state index in [4.69, 9.17) is 9.72 Å². The molecule has 4 rings (SSSR count). The zero-order valence-electron chi connectivity index (χ0n) is 16.7. The van der Waals surface area contributed by atoms with Crippen molar-refractivity contribution in [2.24, 2.45) is 0 Å². The first-order valence-corrected chi connectivity index (χ1v) is 9.89. The van der Waals surface area contributed by atoms with Gasteiger partial charge < -0.3 is 14.8 Å². The topological polar surface area (TPSA) is 78.5 Å². The molecule has 1 aliphatic rings. The summed E-state index contributed by atoms with van der Waals surface area (Å²) in [4.78, 5) is 22.5. The maximum Gasteiger partial charge on any atom is 0.254 e. The Morgan fingerprint density at radius 1 is 1.21 bits per heavy atom. The second-order valence-electron chi connectivity index (χ2n) is 7.40. The number of aromatic hydroxyl groups is 1. The zero-order chi connectivity index (χ0) is 20.4. The minimum Gasteiger partial charge on any atom is -0.504 e. The SMILES string of the molecule is CCOc1cc(CN2CCc3c(nc(-c4ccc(C)cc4)[nH]c3=O)C2)ccc1O. The molecular formula is C23H25N3O3. The number of H-pyrrole nitrogens is 1. The van der Waals surface area contributed by atoms with E-state index in [-0.39, 0.29) is 11.3 Å². The maximum atomic E-state index is 12.6. The maximum absolute atomic E-state index is 12.6. The summed E-state index contributed by atoms with van der Waals surface area (Å²) in [5, 5.41) is 9.90. The molecule has 2 aromatic carbocycles. The van der Waals surface area contributed by atoms with E-state index in [9.17, 15) is 9.90 Å². The quantitative estimate of drug-likeness (QED) is 0.697. The Balaban J connectivity index is 1.57. The van der Waals surface area contributed by atoms with Crippen LogP contribution in [0.2, 0.25) is 0 Å². The van der Waals surface area contributed by atoms with Gasteiger partial charge in [-0.05, 0) is 38.0 Å². The van der Waals surface area contributed by atoms with Gasteiger partial charge in [0.2, 0.25) is 0 Å². The highest BCUT2D eigenvalue weighted by molar-refractivity contribution is 5.55. The van der Waals surface area contributed by atoms with E-state index >= 15 is 0 Å². The molecule has 0 saturated carbocycles. The van der Waals surface area contributed by atoms with Crippen molar-refractivity contribution in [1.82, 2.24) is 14.9 Å². The van der Waals surface area contributed by atoms with Crippen molar-refractivity contribution in [2.75, 3.05) is 13.2 Å². The second kappa shape index (κ2) is 8.09. The zero-order valence-corrected chi connectivity index (χ0v) is 16.7. The molecule has 0 radical (unpaired) electrons. The molecule has 0 unspecified atom stereocenters. The third-order valence-corrected chi connectivity index (χ3v) is 5.21. The number of ether oxygens (including phenoxy) is 1. The van der Waals surface area contributed by atoms with Gasteiger partial charge in [0.25, 0.3) is 5.56 Å². The van der Waals surface area contributed by atoms with Crippen LogP contribution in [0.4, 0.5) is 0 Å². The molecule has 0 bridgehead atoms.